The lowest BCUT2D eigenvalue weighted by Gasteiger charge is -2.31. The highest BCUT2D eigenvalue weighted by Gasteiger charge is 2.34. The second-order valence-corrected chi connectivity index (χ2v) is 8.75. The fourth-order valence-corrected chi connectivity index (χ4v) is 5.03. The van der Waals surface area contributed by atoms with Crippen LogP contribution in [0.2, 0.25) is 0 Å². The molecule has 2 aromatic rings. The Morgan fingerprint density at radius 3 is 1.68 bits per heavy atom. The molecule has 0 N–H and O–H groups in total. The van der Waals surface area contributed by atoms with Gasteiger partial charge >= 0.3 is 0 Å². The molecule has 1 unspecified atom stereocenters. The maximum atomic E-state index is 11.9. The zero-order chi connectivity index (χ0) is 16.2. The van der Waals surface area contributed by atoms with E-state index in [9.17, 15) is 4.79 Å². The molecule has 0 amide bonds. The van der Waals surface area contributed by atoms with E-state index in [2.05, 4.69) is 36.9 Å². The molecule has 22 heavy (non-hydrogen) atoms. The van der Waals surface area contributed by atoms with Crippen molar-refractivity contribution in [3.63, 3.8) is 0 Å². The molecular weight excluding hydrogens is 308 g/mol. The predicted octanol–water partition coefficient (Wildman–Crippen LogP) is 2.68. The van der Waals surface area contributed by atoms with E-state index >= 15 is 0 Å². The van der Waals surface area contributed by atoms with Crippen molar-refractivity contribution in [1.82, 2.24) is 0 Å². The van der Waals surface area contributed by atoms with Crippen molar-refractivity contribution in [2.75, 3.05) is 0 Å². The second kappa shape index (κ2) is 7.27. The molecule has 1 radical (unpaired) electrons. The topological polar surface area (TPSA) is 26.3 Å². The Labute approximate surface area is 139 Å². The number of benzene rings is 2. The smallest absolute Gasteiger partial charge is 0.283 e. The Morgan fingerprint density at radius 1 is 0.955 bits per heavy atom. The predicted molar refractivity (Wildman–Crippen MR) is 96.2 cm³/mol. The highest BCUT2D eigenvalue weighted by molar-refractivity contribution is 7.96. The zero-order valence-electron chi connectivity index (χ0n) is 13.1. The second-order valence-electron chi connectivity index (χ2n) is 6.26. The summed E-state index contributed by atoms with van der Waals surface area (Å²) in [6.07, 6.45) is -0.537. The highest BCUT2D eigenvalue weighted by atomic mass is 32.1. The molecular formula is C18H21O2SSi. The van der Waals surface area contributed by atoms with E-state index in [-0.39, 0.29) is 10.5 Å². The highest BCUT2D eigenvalue weighted by Crippen LogP contribution is 2.24. The molecule has 2 nitrogen and oxygen atoms in total. The van der Waals surface area contributed by atoms with Gasteiger partial charge in [-0.15, -0.1) is 12.6 Å². The molecule has 4 heteroatoms. The van der Waals surface area contributed by atoms with Crippen LogP contribution in [0.1, 0.15) is 20.8 Å². The SMILES string of the molecule is CC(C)(C)C(O[Si](c1ccccc1)c1ccccc1)C(=O)S. The van der Waals surface area contributed by atoms with Crippen molar-refractivity contribution in [2.24, 2.45) is 5.41 Å². The summed E-state index contributed by atoms with van der Waals surface area (Å²) >= 11 is 4.04. The van der Waals surface area contributed by atoms with Gasteiger partial charge in [0.2, 0.25) is 5.12 Å². The Hall–Kier alpha value is -1.36. The van der Waals surface area contributed by atoms with Crippen LogP contribution in [-0.2, 0) is 9.22 Å². The number of rotatable bonds is 5. The number of hydrogen-bond donors (Lipinski definition) is 1. The average molecular weight is 330 g/mol. The lowest BCUT2D eigenvalue weighted by molar-refractivity contribution is -0.121. The first-order chi connectivity index (χ1) is 10.4. The molecule has 1 atom stereocenters. The van der Waals surface area contributed by atoms with Crippen molar-refractivity contribution >= 4 is 37.2 Å². The summed E-state index contributed by atoms with van der Waals surface area (Å²) in [4.78, 5) is 11.9. The van der Waals surface area contributed by atoms with Gasteiger partial charge in [0.25, 0.3) is 9.04 Å². The standard InChI is InChI=1S/C18H21O2SSi/c1-18(2,3)16(17(19)21)20-22(14-10-6-4-7-11-14)15-12-8-5-9-13-15/h4-13,16H,1-3H3,(H,19,21). The molecule has 0 saturated heterocycles. The van der Waals surface area contributed by atoms with Gasteiger partial charge < -0.3 is 4.43 Å². The molecule has 0 spiro atoms. The van der Waals surface area contributed by atoms with E-state index in [1.54, 1.807) is 0 Å². The van der Waals surface area contributed by atoms with E-state index in [0.717, 1.165) is 10.4 Å². The van der Waals surface area contributed by atoms with E-state index in [4.69, 9.17) is 4.43 Å². The van der Waals surface area contributed by atoms with Crippen LogP contribution in [0.25, 0.3) is 0 Å². The number of carbonyl (C=O) groups excluding carboxylic acids is 1. The molecule has 2 rings (SSSR count). The molecule has 0 aliphatic carbocycles. The Balaban J connectivity index is 2.39. The summed E-state index contributed by atoms with van der Waals surface area (Å²) in [5, 5.41) is 2.03. The van der Waals surface area contributed by atoms with Crippen LogP contribution in [0.15, 0.2) is 60.7 Å². The molecule has 0 aliphatic rings. The van der Waals surface area contributed by atoms with Crippen LogP contribution in [0, 0.1) is 5.41 Å². The third kappa shape index (κ3) is 4.32. The maximum Gasteiger partial charge on any atom is 0.283 e. The molecule has 0 saturated carbocycles. The van der Waals surface area contributed by atoms with E-state index in [1.807, 2.05) is 57.2 Å². The van der Waals surface area contributed by atoms with E-state index in [0.29, 0.717) is 0 Å². The fourth-order valence-electron chi connectivity index (χ4n) is 2.20. The Bertz CT molecular complexity index is 568. The molecule has 0 fully saturated rings. The lowest BCUT2D eigenvalue weighted by Crippen LogP contribution is -2.51. The quantitative estimate of drug-likeness (QED) is 0.674. The van der Waals surface area contributed by atoms with Gasteiger partial charge in [-0.2, -0.15) is 0 Å². The van der Waals surface area contributed by atoms with E-state index < -0.39 is 15.1 Å². The average Bonchev–Trinajstić information content (AvgIpc) is 2.48. The normalized spacial score (nSPS) is 13.1. The summed E-state index contributed by atoms with van der Waals surface area (Å²) in [6.45, 7) is 6.00. The van der Waals surface area contributed by atoms with Crippen molar-refractivity contribution < 1.29 is 9.22 Å². The first-order valence-electron chi connectivity index (χ1n) is 7.27. The number of thiol groups is 1. The first-order valence-corrected chi connectivity index (χ1v) is 9.12. The fraction of sp³-hybridized carbons (Fsp3) is 0.278. The molecule has 0 aromatic heterocycles. The monoisotopic (exact) mass is 329 g/mol. The van der Waals surface area contributed by atoms with Crippen LogP contribution in [0.4, 0.5) is 0 Å². The zero-order valence-corrected chi connectivity index (χ0v) is 15.0. The summed E-state index contributed by atoms with van der Waals surface area (Å²) in [5.41, 5.74) is -0.293. The van der Waals surface area contributed by atoms with Crippen molar-refractivity contribution in [2.45, 2.75) is 26.9 Å². The van der Waals surface area contributed by atoms with Gasteiger partial charge in [0.15, 0.2) is 0 Å². The van der Waals surface area contributed by atoms with Crippen molar-refractivity contribution in [3.05, 3.63) is 60.7 Å². The third-order valence-electron chi connectivity index (χ3n) is 3.32. The van der Waals surface area contributed by atoms with Gasteiger partial charge in [-0.05, 0) is 15.8 Å². The number of carbonyl (C=O) groups is 1. The molecule has 115 valence electrons. The minimum Gasteiger partial charge on any atom is -0.396 e. The lowest BCUT2D eigenvalue weighted by atomic mass is 9.90. The van der Waals surface area contributed by atoms with Crippen molar-refractivity contribution in [1.29, 1.82) is 0 Å². The minimum absolute atomic E-state index is 0.220. The van der Waals surface area contributed by atoms with Gasteiger partial charge in [0, 0.05) is 0 Å². The minimum atomic E-state index is -1.50. The summed E-state index contributed by atoms with van der Waals surface area (Å²) < 4.78 is 6.32. The van der Waals surface area contributed by atoms with Crippen LogP contribution in [-0.4, -0.2) is 20.3 Å². The summed E-state index contributed by atoms with van der Waals surface area (Å²) in [5.74, 6) is 0. The maximum absolute atomic E-state index is 11.9. The van der Waals surface area contributed by atoms with Crippen LogP contribution >= 0.6 is 12.6 Å². The first kappa shape index (κ1) is 17.0. The molecule has 0 aliphatic heterocycles. The van der Waals surface area contributed by atoms with Crippen LogP contribution in [0.3, 0.4) is 0 Å². The third-order valence-corrected chi connectivity index (χ3v) is 5.74. The van der Waals surface area contributed by atoms with Crippen LogP contribution in [0.5, 0.6) is 0 Å². The van der Waals surface area contributed by atoms with Gasteiger partial charge in [0.05, 0.1) is 0 Å². The Kier molecular flexibility index (Phi) is 5.61. The van der Waals surface area contributed by atoms with Gasteiger partial charge in [-0.25, -0.2) is 0 Å². The molecule has 0 heterocycles. The molecule has 2 aromatic carbocycles. The van der Waals surface area contributed by atoms with Gasteiger partial charge in [-0.1, -0.05) is 81.4 Å². The van der Waals surface area contributed by atoms with E-state index in [1.165, 1.54) is 0 Å². The van der Waals surface area contributed by atoms with Crippen molar-refractivity contribution in [3.8, 4) is 0 Å². The summed E-state index contributed by atoms with van der Waals surface area (Å²) in [6, 6.07) is 20.2. The Morgan fingerprint density at radius 2 is 1.36 bits per heavy atom. The summed E-state index contributed by atoms with van der Waals surface area (Å²) in [7, 11) is -1.50. The molecule has 0 bridgehead atoms. The number of hydrogen-bond acceptors (Lipinski definition) is 2. The van der Waals surface area contributed by atoms with Gasteiger partial charge in [-0.3, -0.25) is 4.79 Å². The van der Waals surface area contributed by atoms with Gasteiger partial charge in [0.1, 0.15) is 6.10 Å². The largest absolute Gasteiger partial charge is 0.396 e. The van der Waals surface area contributed by atoms with Crippen LogP contribution < -0.4 is 10.4 Å².